The Labute approximate surface area is 148 Å². The second kappa shape index (κ2) is 5.96. The van der Waals surface area contributed by atoms with Crippen LogP contribution in [0, 0.1) is 20.8 Å². The molecule has 0 N–H and O–H groups in total. The molecule has 1 aliphatic carbocycles. The van der Waals surface area contributed by atoms with Crippen LogP contribution in [-0.4, -0.2) is 7.11 Å². The van der Waals surface area contributed by atoms with E-state index in [4.69, 9.17) is 9.15 Å². The van der Waals surface area contributed by atoms with Gasteiger partial charge in [-0.1, -0.05) is 24.3 Å². The Morgan fingerprint density at radius 2 is 1.80 bits per heavy atom. The first-order chi connectivity index (χ1) is 12.1. The minimum Gasteiger partial charge on any atom is -0.497 e. The number of rotatable bonds is 3. The Morgan fingerprint density at radius 1 is 0.960 bits per heavy atom. The smallest absolute Gasteiger partial charge is 0.130 e. The average molecular weight is 330 g/mol. The second-order valence-corrected chi connectivity index (χ2v) is 6.76. The van der Waals surface area contributed by atoms with Crippen LogP contribution in [0.4, 0.5) is 0 Å². The quantitative estimate of drug-likeness (QED) is 0.589. The van der Waals surface area contributed by atoms with Crippen molar-refractivity contribution in [1.29, 1.82) is 0 Å². The van der Waals surface area contributed by atoms with Gasteiger partial charge in [0.2, 0.25) is 0 Å². The third-order valence-corrected chi connectivity index (χ3v) is 5.08. The molecule has 2 nitrogen and oxygen atoms in total. The number of hydrogen-bond donors (Lipinski definition) is 0. The van der Waals surface area contributed by atoms with Gasteiger partial charge in [-0.05, 0) is 84.0 Å². The van der Waals surface area contributed by atoms with Gasteiger partial charge in [-0.3, -0.25) is 0 Å². The van der Waals surface area contributed by atoms with Gasteiger partial charge in [-0.2, -0.15) is 0 Å². The van der Waals surface area contributed by atoms with Gasteiger partial charge in [-0.15, -0.1) is 0 Å². The highest BCUT2D eigenvalue weighted by atomic mass is 16.5. The molecule has 0 amide bonds. The molecule has 1 heterocycles. The van der Waals surface area contributed by atoms with Gasteiger partial charge >= 0.3 is 0 Å². The molecule has 0 unspecified atom stereocenters. The highest BCUT2D eigenvalue weighted by Crippen LogP contribution is 2.40. The fraction of sp³-hybridized carbons (Fsp3) is 0.217. The molecule has 0 spiro atoms. The number of allylic oxidation sites excluding steroid dienone is 1. The summed E-state index contributed by atoms with van der Waals surface area (Å²) in [5.74, 6) is 2.87. The normalized spacial score (nSPS) is 12.9. The summed E-state index contributed by atoms with van der Waals surface area (Å²) in [6.07, 6.45) is 3.20. The number of fused-ring (bicyclic) bond motifs is 1. The molecule has 0 aliphatic heterocycles. The van der Waals surface area contributed by atoms with Crippen molar-refractivity contribution in [3.8, 4) is 16.9 Å². The van der Waals surface area contributed by atoms with Crippen LogP contribution in [0.2, 0.25) is 0 Å². The summed E-state index contributed by atoms with van der Waals surface area (Å²) in [5.41, 5.74) is 8.86. The number of hydrogen-bond acceptors (Lipinski definition) is 2. The third kappa shape index (κ3) is 2.68. The van der Waals surface area contributed by atoms with Gasteiger partial charge in [0.05, 0.1) is 7.11 Å². The molecule has 0 bridgehead atoms. The van der Waals surface area contributed by atoms with Crippen LogP contribution in [-0.2, 0) is 6.42 Å². The minimum atomic E-state index is 0.883. The first-order valence-corrected chi connectivity index (χ1v) is 8.61. The van der Waals surface area contributed by atoms with Crippen molar-refractivity contribution >= 4 is 11.6 Å². The predicted octanol–water partition coefficient (Wildman–Crippen LogP) is 5.98. The van der Waals surface area contributed by atoms with E-state index in [2.05, 4.69) is 50.3 Å². The Morgan fingerprint density at radius 3 is 2.52 bits per heavy atom. The zero-order valence-electron chi connectivity index (χ0n) is 15.1. The largest absolute Gasteiger partial charge is 0.497 e. The van der Waals surface area contributed by atoms with Crippen molar-refractivity contribution in [2.24, 2.45) is 0 Å². The maximum Gasteiger partial charge on any atom is 0.130 e. The van der Waals surface area contributed by atoms with E-state index in [9.17, 15) is 0 Å². The van der Waals surface area contributed by atoms with Crippen molar-refractivity contribution in [3.05, 3.63) is 76.2 Å². The molecule has 4 rings (SSSR count). The molecular weight excluding hydrogens is 308 g/mol. The van der Waals surface area contributed by atoms with E-state index in [1.54, 1.807) is 7.11 Å². The van der Waals surface area contributed by atoms with Crippen molar-refractivity contribution in [3.63, 3.8) is 0 Å². The zero-order valence-corrected chi connectivity index (χ0v) is 15.1. The Bertz CT molecular complexity index is 970. The highest BCUT2D eigenvalue weighted by Gasteiger charge is 2.21. The topological polar surface area (TPSA) is 22.4 Å². The molecule has 0 saturated heterocycles. The van der Waals surface area contributed by atoms with Crippen LogP contribution in [0.3, 0.4) is 0 Å². The first kappa shape index (κ1) is 15.8. The monoisotopic (exact) mass is 330 g/mol. The van der Waals surface area contributed by atoms with Gasteiger partial charge in [0.15, 0.2) is 0 Å². The number of ether oxygens (including phenoxy) is 1. The Balaban J connectivity index is 1.85. The lowest BCUT2D eigenvalue weighted by atomic mass is 9.93. The summed E-state index contributed by atoms with van der Waals surface area (Å²) in [6, 6.07) is 14.9. The number of furan rings is 1. The summed E-state index contributed by atoms with van der Waals surface area (Å²) in [5, 5.41) is 0. The van der Waals surface area contributed by atoms with E-state index in [1.807, 2.05) is 19.1 Å². The molecule has 1 aliphatic rings. The predicted molar refractivity (Wildman–Crippen MR) is 103 cm³/mol. The molecule has 2 aromatic carbocycles. The molecule has 0 saturated carbocycles. The van der Waals surface area contributed by atoms with Gasteiger partial charge in [0.25, 0.3) is 0 Å². The minimum absolute atomic E-state index is 0.883. The second-order valence-electron chi connectivity index (χ2n) is 6.76. The SMILES string of the molecule is COc1cccc(-c2c(C)ccc3c2C=C(c2cc(C)c(C)o2)C3)c1. The third-order valence-electron chi connectivity index (χ3n) is 5.08. The first-order valence-electron chi connectivity index (χ1n) is 8.61. The van der Waals surface area contributed by atoms with E-state index in [1.165, 1.54) is 39.0 Å². The van der Waals surface area contributed by atoms with Crippen LogP contribution in [0.1, 0.15) is 33.8 Å². The van der Waals surface area contributed by atoms with E-state index in [0.29, 0.717) is 0 Å². The van der Waals surface area contributed by atoms with Crippen molar-refractivity contribution in [2.45, 2.75) is 27.2 Å². The van der Waals surface area contributed by atoms with Crippen LogP contribution in [0.5, 0.6) is 5.75 Å². The average Bonchev–Trinajstić information content (AvgIpc) is 3.18. The van der Waals surface area contributed by atoms with Gasteiger partial charge in [-0.25, -0.2) is 0 Å². The van der Waals surface area contributed by atoms with E-state index in [-0.39, 0.29) is 0 Å². The lowest BCUT2D eigenvalue weighted by Crippen LogP contribution is -1.92. The zero-order chi connectivity index (χ0) is 17.6. The summed E-state index contributed by atoms with van der Waals surface area (Å²) in [6.45, 7) is 6.28. The summed E-state index contributed by atoms with van der Waals surface area (Å²) >= 11 is 0. The standard InChI is InChI=1S/C23H22O2/c1-14-8-9-17-11-19(22-10-15(2)16(3)25-22)13-21(17)23(14)18-6-5-7-20(12-18)24-4/h5-10,12-13H,11H2,1-4H3. The van der Waals surface area contributed by atoms with Crippen LogP contribution in [0.25, 0.3) is 22.8 Å². The maximum absolute atomic E-state index is 5.95. The van der Waals surface area contributed by atoms with Crippen molar-refractivity contribution in [1.82, 2.24) is 0 Å². The Hall–Kier alpha value is -2.74. The molecule has 0 atom stereocenters. The van der Waals surface area contributed by atoms with E-state index >= 15 is 0 Å². The molecule has 0 fully saturated rings. The summed E-state index contributed by atoms with van der Waals surface area (Å²) in [4.78, 5) is 0. The molecular formula is C23H22O2. The van der Waals surface area contributed by atoms with Crippen LogP contribution < -0.4 is 4.74 Å². The van der Waals surface area contributed by atoms with Crippen molar-refractivity contribution < 1.29 is 9.15 Å². The van der Waals surface area contributed by atoms with E-state index < -0.39 is 0 Å². The van der Waals surface area contributed by atoms with Gasteiger partial charge < -0.3 is 9.15 Å². The molecule has 126 valence electrons. The van der Waals surface area contributed by atoms with Crippen LogP contribution in [0.15, 0.2) is 46.9 Å². The van der Waals surface area contributed by atoms with E-state index in [0.717, 1.165) is 23.7 Å². The number of aryl methyl sites for hydroxylation is 3. The summed E-state index contributed by atoms with van der Waals surface area (Å²) in [7, 11) is 1.71. The highest BCUT2D eigenvalue weighted by molar-refractivity contribution is 5.94. The fourth-order valence-corrected chi connectivity index (χ4v) is 3.57. The number of benzene rings is 2. The molecule has 2 heteroatoms. The van der Waals surface area contributed by atoms with Gasteiger partial charge in [0.1, 0.15) is 17.3 Å². The molecule has 0 radical (unpaired) electrons. The fourth-order valence-electron chi connectivity index (χ4n) is 3.57. The molecule has 3 aromatic rings. The molecule has 25 heavy (non-hydrogen) atoms. The molecule has 1 aromatic heterocycles. The lowest BCUT2D eigenvalue weighted by molar-refractivity contribution is 0.415. The Kier molecular flexibility index (Phi) is 3.76. The number of methoxy groups -OCH3 is 1. The lowest BCUT2D eigenvalue weighted by Gasteiger charge is -2.12. The summed E-state index contributed by atoms with van der Waals surface area (Å²) < 4.78 is 11.4. The van der Waals surface area contributed by atoms with Crippen LogP contribution >= 0.6 is 0 Å². The maximum atomic E-state index is 5.95. The van der Waals surface area contributed by atoms with Crippen molar-refractivity contribution in [2.75, 3.05) is 7.11 Å². The van der Waals surface area contributed by atoms with Gasteiger partial charge in [0, 0.05) is 6.42 Å².